The summed E-state index contributed by atoms with van der Waals surface area (Å²) in [6.07, 6.45) is 0.623. The van der Waals surface area contributed by atoms with E-state index in [4.69, 9.17) is 4.74 Å². The average molecular weight is 327 g/mol. The van der Waals surface area contributed by atoms with Crippen LogP contribution < -0.4 is 4.74 Å². The largest absolute Gasteiger partial charge is 0.487 e. The van der Waals surface area contributed by atoms with Gasteiger partial charge in [-0.3, -0.25) is 4.79 Å². The molecule has 2 aromatic carbocycles. The summed E-state index contributed by atoms with van der Waals surface area (Å²) in [7, 11) is 0. The molecule has 98 valence electrons. The SMILES string of the molecule is O=Cc1cccc(Br)c1OCc1c(F)cccc1F. The summed E-state index contributed by atoms with van der Waals surface area (Å²) in [4.78, 5) is 10.9. The number of halogens is 3. The molecule has 0 bridgehead atoms. The second-order valence-corrected chi connectivity index (χ2v) is 4.62. The number of benzene rings is 2. The van der Waals surface area contributed by atoms with E-state index in [9.17, 15) is 13.6 Å². The van der Waals surface area contributed by atoms with Gasteiger partial charge in [0.2, 0.25) is 0 Å². The van der Waals surface area contributed by atoms with Gasteiger partial charge in [0.15, 0.2) is 6.29 Å². The fourth-order valence-electron chi connectivity index (χ4n) is 1.59. The van der Waals surface area contributed by atoms with Gasteiger partial charge >= 0.3 is 0 Å². The number of hydrogen-bond acceptors (Lipinski definition) is 2. The Morgan fingerprint density at radius 1 is 1.11 bits per heavy atom. The summed E-state index contributed by atoms with van der Waals surface area (Å²) in [5.41, 5.74) is 0.140. The van der Waals surface area contributed by atoms with E-state index in [1.165, 1.54) is 6.07 Å². The Kier molecular flexibility index (Phi) is 4.27. The van der Waals surface area contributed by atoms with Crippen molar-refractivity contribution in [3.8, 4) is 5.75 Å². The van der Waals surface area contributed by atoms with E-state index in [-0.39, 0.29) is 17.9 Å². The van der Waals surface area contributed by atoms with Crippen molar-refractivity contribution >= 4 is 22.2 Å². The maximum atomic E-state index is 13.4. The Bertz CT molecular complexity index is 594. The minimum Gasteiger partial charge on any atom is -0.487 e. The third kappa shape index (κ3) is 2.98. The van der Waals surface area contributed by atoms with Crippen molar-refractivity contribution in [2.24, 2.45) is 0 Å². The Balaban J connectivity index is 2.26. The van der Waals surface area contributed by atoms with Crippen molar-refractivity contribution in [3.63, 3.8) is 0 Å². The van der Waals surface area contributed by atoms with Gasteiger partial charge in [0.1, 0.15) is 24.0 Å². The van der Waals surface area contributed by atoms with E-state index in [1.54, 1.807) is 18.2 Å². The number of hydrogen-bond donors (Lipinski definition) is 0. The van der Waals surface area contributed by atoms with Gasteiger partial charge in [-0.2, -0.15) is 0 Å². The van der Waals surface area contributed by atoms with Gasteiger partial charge in [0, 0.05) is 0 Å². The second kappa shape index (κ2) is 5.93. The Hall–Kier alpha value is -1.75. The van der Waals surface area contributed by atoms with Crippen LogP contribution in [0.3, 0.4) is 0 Å². The molecule has 2 aromatic rings. The minimum atomic E-state index is -0.681. The van der Waals surface area contributed by atoms with Crippen molar-refractivity contribution < 1.29 is 18.3 Å². The molecule has 0 saturated heterocycles. The predicted molar refractivity (Wildman–Crippen MR) is 70.2 cm³/mol. The predicted octanol–water partition coefficient (Wildman–Crippen LogP) is 4.12. The van der Waals surface area contributed by atoms with Gasteiger partial charge in [0.05, 0.1) is 15.6 Å². The lowest BCUT2D eigenvalue weighted by molar-refractivity contribution is 0.111. The number of ether oxygens (including phenoxy) is 1. The molecule has 0 amide bonds. The normalized spacial score (nSPS) is 10.3. The van der Waals surface area contributed by atoms with Crippen molar-refractivity contribution in [1.82, 2.24) is 0 Å². The van der Waals surface area contributed by atoms with Gasteiger partial charge < -0.3 is 4.74 Å². The highest BCUT2D eigenvalue weighted by atomic mass is 79.9. The van der Waals surface area contributed by atoms with E-state index >= 15 is 0 Å². The van der Waals surface area contributed by atoms with Crippen molar-refractivity contribution in [1.29, 1.82) is 0 Å². The first-order valence-corrected chi connectivity index (χ1v) is 6.22. The standard InChI is InChI=1S/C14H9BrF2O2/c15-11-4-1-3-9(7-18)14(11)19-8-10-12(16)5-2-6-13(10)17/h1-7H,8H2. The smallest absolute Gasteiger partial charge is 0.153 e. The molecule has 0 aliphatic carbocycles. The summed E-state index contributed by atoms with van der Waals surface area (Å²) >= 11 is 3.23. The molecule has 2 nitrogen and oxygen atoms in total. The number of carbonyl (C=O) groups is 1. The maximum absolute atomic E-state index is 13.4. The van der Waals surface area contributed by atoms with E-state index < -0.39 is 11.6 Å². The highest BCUT2D eigenvalue weighted by molar-refractivity contribution is 9.10. The fourth-order valence-corrected chi connectivity index (χ4v) is 2.08. The lowest BCUT2D eigenvalue weighted by Crippen LogP contribution is -2.03. The van der Waals surface area contributed by atoms with Crippen LogP contribution in [-0.4, -0.2) is 6.29 Å². The number of para-hydroxylation sites is 1. The summed E-state index contributed by atoms with van der Waals surface area (Å²) in [5.74, 6) is -1.10. The molecule has 0 unspecified atom stereocenters. The quantitative estimate of drug-likeness (QED) is 0.790. The van der Waals surface area contributed by atoms with Crippen LogP contribution in [0.25, 0.3) is 0 Å². The molecular formula is C14H9BrF2O2. The van der Waals surface area contributed by atoms with E-state index in [0.29, 0.717) is 16.3 Å². The first-order chi connectivity index (χ1) is 9.13. The van der Waals surface area contributed by atoms with Crippen LogP contribution in [0.2, 0.25) is 0 Å². The minimum absolute atomic E-state index is 0.171. The Morgan fingerprint density at radius 3 is 2.37 bits per heavy atom. The van der Waals surface area contributed by atoms with Crippen molar-refractivity contribution in [2.75, 3.05) is 0 Å². The third-order valence-electron chi connectivity index (χ3n) is 2.55. The summed E-state index contributed by atoms with van der Waals surface area (Å²) in [6.45, 7) is -0.290. The average Bonchev–Trinajstić information content (AvgIpc) is 2.39. The van der Waals surface area contributed by atoms with Crippen molar-refractivity contribution in [3.05, 3.63) is 63.6 Å². The van der Waals surface area contributed by atoms with Crippen molar-refractivity contribution in [2.45, 2.75) is 6.61 Å². The van der Waals surface area contributed by atoms with Crippen LogP contribution >= 0.6 is 15.9 Å². The molecule has 0 fully saturated rings. The molecule has 0 spiro atoms. The lowest BCUT2D eigenvalue weighted by atomic mass is 10.2. The van der Waals surface area contributed by atoms with Gasteiger partial charge in [-0.05, 0) is 40.2 Å². The molecule has 19 heavy (non-hydrogen) atoms. The van der Waals surface area contributed by atoms with Crippen LogP contribution in [0, 0.1) is 11.6 Å². The summed E-state index contributed by atoms with van der Waals surface area (Å²) < 4.78 is 32.8. The second-order valence-electron chi connectivity index (χ2n) is 3.76. The molecule has 0 aromatic heterocycles. The first kappa shape index (κ1) is 13.7. The van der Waals surface area contributed by atoms with Crippen LogP contribution in [0.4, 0.5) is 8.78 Å². The van der Waals surface area contributed by atoms with Crippen LogP contribution in [0.5, 0.6) is 5.75 Å². The highest BCUT2D eigenvalue weighted by Crippen LogP contribution is 2.29. The zero-order chi connectivity index (χ0) is 13.8. The summed E-state index contributed by atoms with van der Waals surface area (Å²) in [6, 6.07) is 8.50. The Morgan fingerprint density at radius 2 is 1.74 bits per heavy atom. The van der Waals surface area contributed by atoms with Crippen LogP contribution in [0.1, 0.15) is 15.9 Å². The van der Waals surface area contributed by atoms with Crippen LogP contribution in [-0.2, 0) is 6.61 Å². The molecule has 0 heterocycles. The molecule has 0 aliphatic rings. The van der Waals surface area contributed by atoms with Gasteiger partial charge in [-0.15, -0.1) is 0 Å². The molecule has 2 rings (SSSR count). The number of carbonyl (C=O) groups excluding carboxylic acids is 1. The van der Waals surface area contributed by atoms with E-state index in [2.05, 4.69) is 15.9 Å². The van der Waals surface area contributed by atoms with Gasteiger partial charge in [-0.25, -0.2) is 8.78 Å². The Labute approximate surface area is 117 Å². The monoisotopic (exact) mass is 326 g/mol. The van der Waals surface area contributed by atoms with Crippen LogP contribution in [0.15, 0.2) is 40.9 Å². The molecule has 0 atom stereocenters. The molecule has 0 radical (unpaired) electrons. The molecule has 5 heteroatoms. The first-order valence-electron chi connectivity index (χ1n) is 5.43. The lowest BCUT2D eigenvalue weighted by Gasteiger charge is -2.11. The summed E-state index contributed by atoms with van der Waals surface area (Å²) in [5, 5.41) is 0. The van der Waals surface area contributed by atoms with Gasteiger partial charge in [-0.1, -0.05) is 12.1 Å². The zero-order valence-corrected chi connectivity index (χ0v) is 11.3. The number of rotatable bonds is 4. The molecule has 0 saturated carbocycles. The third-order valence-corrected chi connectivity index (χ3v) is 3.17. The number of aldehydes is 1. The molecule has 0 aliphatic heterocycles. The van der Waals surface area contributed by atoms with Gasteiger partial charge in [0.25, 0.3) is 0 Å². The fraction of sp³-hybridized carbons (Fsp3) is 0.0714. The van der Waals surface area contributed by atoms with E-state index in [0.717, 1.165) is 12.1 Å². The topological polar surface area (TPSA) is 26.3 Å². The molecule has 0 N–H and O–H groups in total. The zero-order valence-electron chi connectivity index (χ0n) is 9.70. The maximum Gasteiger partial charge on any atom is 0.153 e. The highest BCUT2D eigenvalue weighted by Gasteiger charge is 2.12. The molecular weight excluding hydrogens is 318 g/mol. The van der Waals surface area contributed by atoms with E-state index in [1.807, 2.05) is 0 Å².